The second-order valence-corrected chi connectivity index (χ2v) is 6.47. The van der Waals surface area contributed by atoms with Crippen LogP contribution in [0.3, 0.4) is 0 Å². The highest BCUT2D eigenvalue weighted by Gasteiger charge is 2.08. The van der Waals surface area contributed by atoms with Crippen LogP contribution < -0.4 is 10.1 Å². The van der Waals surface area contributed by atoms with Gasteiger partial charge < -0.3 is 10.1 Å². The molecular weight excluding hydrogens is 350 g/mol. The van der Waals surface area contributed by atoms with Crippen LogP contribution in [0.5, 0.6) is 5.75 Å². The molecule has 3 aromatic rings. The molecule has 0 spiro atoms. The molecule has 0 bridgehead atoms. The molecule has 0 saturated heterocycles. The van der Waals surface area contributed by atoms with E-state index >= 15 is 0 Å². The summed E-state index contributed by atoms with van der Waals surface area (Å²) in [6, 6.07) is 14.9. The molecule has 3 rings (SSSR count). The van der Waals surface area contributed by atoms with Crippen molar-refractivity contribution in [2.24, 2.45) is 0 Å². The molecule has 0 aliphatic heterocycles. The monoisotopic (exact) mass is 375 g/mol. The van der Waals surface area contributed by atoms with Crippen molar-refractivity contribution in [3.05, 3.63) is 78.1 Å². The number of allylic oxidation sites excluding steroid dienone is 1. The Bertz CT molecular complexity index is 953. The van der Waals surface area contributed by atoms with Gasteiger partial charge in [0, 0.05) is 12.7 Å². The molecule has 28 heavy (non-hydrogen) atoms. The number of nitrogens with one attached hydrogen (secondary N) is 1. The van der Waals surface area contributed by atoms with Gasteiger partial charge in [-0.25, -0.2) is 4.98 Å². The number of hydrogen-bond donors (Lipinski definition) is 1. The Hall–Kier alpha value is -3.21. The van der Waals surface area contributed by atoms with Crippen molar-refractivity contribution in [3.8, 4) is 5.75 Å². The molecule has 0 unspecified atom stereocenters. The van der Waals surface area contributed by atoms with E-state index in [1.54, 1.807) is 18.3 Å². The number of carbonyl (C=O) groups is 1. The van der Waals surface area contributed by atoms with Crippen LogP contribution >= 0.6 is 0 Å². The van der Waals surface area contributed by atoms with Crippen molar-refractivity contribution in [3.63, 3.8) is 0 Å². The lowest BCUT2D eigenvalue weighted by Crippen LogP contribution is -2.23. The summed E-state index contributed by atoms with van der Waals surface area (Å²) in [5, 5.41) is 2.91. The van der Waals surface area contributed by atoms with E-state index in [1.165, 1.54) is 0 Å². The molecule has 144 valence electrons. The second kappa shape index (κ2) is 10.2. The topological polar surface area (TPSA) is 64.1 Å². The lowest BCUT2D eigenvalue weighted by molar-refractivity contribution is 0.0946. The van der Waals surface area contributed by atoms with Crippen molar-refractivity contribution in [2.75, 3.05) is 6.61 Å². The SMILES string of the molecule is CCCC=CCCOc1cccc(CNC(=O)c2ccc3ncccc3n2)c1. The minimum absolute atomic E-state index is 0.210. The van der Waals surface area contributed by atoms with Crippen molar-refractivity contribution >= 4 is 16.9 Å². The standard InChI is InChI=1S/C23H25N3O2/c1-2-3-4-5-6-15-28-19-10-7-9-18(16-19)17-25-23(27)22-13-12-20-21(26-22)11-8-14-24-20/h4-5,7-14,16H,2-3,6,15,17H2,1H3,(H,25,27). The molecule has 0 aliphatic rings. The third kappa shape index (κ3) is 5.64. The molecule has 5 heteroatoms. The van der Waals surface area contributed by atoms with E-state index in [-0.39, 0.29) is 5.91 Å². The molecule has 1 aromatic carbocycles. The number of rotatable bonds is 9. The van der Waals surface area contributed by atoms with E-state index in [9.17, 15) is 4.79 Å². The van der Waals surface area contributed by atoms with Gasteiger partial charge in [-0.15, -0.1) is 0 Å². The highest BCUT2D eigenvalue weighted by Crippen LogP contribution is 2.14. The van der Waals surface area contributed by atoms with Gasteiger partial charge in [-0.1, -0.05) is 37.6 Å². The number of nitrogens with zero attached hydrogens (tertiary/aromatic N) is 2. The molecule has 0 aliphatic carbocycles. The Kier molecular flexibility index (Phi) is 7.13. The zero-order chi connectivity index (χ0) is 19.6. The van der Waals surface area contributed by atoms with Crippen LogP contribution in [0.25, 0.3) is 11.0 Å². The molecule has 5 nitrogen and oxygen atoms in total. The van der Waals surface area contributed by atoms with Gasteiger partial charge in [0.1, 0.15) is 11.4 Å². The van der Waals surface area contributed by atoms with E-state index in [0.717, 1.165) is 36.1 Å². The van der Waals surface area contributed by atoms with Crippen LogP contribution in [0.1, 0.15) is 42.2 Å². The highest BCUT2D eigenvalue weighted by molar-refractivity contribution is 5.94. The maximum absolute atomic E-state index is 12.4. The van der Waals surface area contributed by atoms with Gasteiger partial charge in [-0.05, 0) is 54.8 Å². The normalized spacial score (nSPS) is 11.0. The Morgan fingerprint density at radius 1 is 1.07 bits per heavy atom. The second-order valence-electron chi connectivity index (χ2n) is 6.47. The van der Waals surface area contributed by atoms with E-state index in [4.69, 9.17) is 4.74 Å². The number of aromatic nitrogens is 2. The van der Waals surface area contributed by atoms with Gasteiger partial charge in [-0.2, -0.15) is 0 Å². The third-order valence-corrected chi connectivity index (χ3v) is 4.22. The first-order valence-corrected chi connectivity index (χ1v) is 9.63. The Labute approximate surface area is 165 Å². The number of fused-ring (bicyclic) bond motifs is 1. The zero-order valence-electron chi connectivity index (χ0n) is 16.1. The third-order valence-electron chi connectivity index (χ3n) is 4.22. The van der Waals surface area contributed by atoms with Gasteiger partial charge in [0.2, 0.25) is 0 Å². The predicted molar refractivity (Wildman–Crippen MR) is 111 cm³/mol. The van der Waals surface area contributed by atoms with Gasteiger partial charge in [0.05, 0.1) is 17.6 Å². The molecule has 1 amide bonds. The Balaban J connectivity index is 1.52. The van der Waals surface area contributed by atoms with Crippen molar-refractivity contribution in [1.29, 1.82) is 0 Å². The van der Waals surface area contributed by atoms with Crippen molar-refractivity contribution in [2.45, 2.75) is 32.7 Å². The number of carbonyl (C=O) groups excluding carboxylic acids is 1. The van der Waals surface area contributed by atoms with Crippen LogP contribution in [0.4, 0.5) is 0 Å². The van der Waals surface area contributed by atoms with Crippen LogP contribution in [-0.2, 0) is 6.54 Å². The van der Waals surface area contributed by atoms with E-state index < -0.39 is 0 Å². The Morgan fingerprint density at radius 3 is 2.86 bits per heavy atom. The van der Waals surface area contributed by atoms with E-state index in [2.05, 4.69) is 34.4 Å². The van der Waals surface area contributed by atoms with Gasteiger partial charge in [0.25, 0.3) is 5.91 Å². The molecule has 0 fully saturated rings. The molecule has 0 saturated carbocycles. The van der Waals surface area contributed by atoms with Crippen LogP contribution in [0.15, 0.2) is 66.9 Å². The zero-order valence-corrected chi connectivity index (χ0v) is 16.1. The maximum atomic E-state index is 12.4. The highest BCUT2D eigenvalue weighted by atomic mass is 16.5. The first kappa shape index (κ1) is 19.5. The number of hydrogen-bond acceptors (Lipinski definition) is 4. The fourth-order valence-corrected chi connectivity index (χ4v) is 2.75. The maximum Gasteiger partial charge on any atom is 0.270 e. The molecular formula is C23H25N3O2. The minimum atomic E-state index is -0.210. The first-order valence-electron chi connectivity index (χ1n) is 9.63. The van der Waals surface area contributed by atoms with Gasteiger partial charge in [0.15, 0.2) is 0 Å². The first-order chi connectivity index (χ1) is 13.8. The minimum Gasteiger partial charge on any atom is -0.493 e. The molecule has 0 radical (unpaired) electrons. The predicted octanol–water partition coefficient (Wildman–Crippen LogP) is 4.69. The average molecular weight is 375 g/mol. The number of unbranched alkanes of at least 4 members (excludes halogenated alkanes) is 1. The fourth-order valence-electron chi connectivity index (χ4n) is 2.75. The van der Waals surface area contributed by atoms with E-state index in [1.807, 2.05) is 36.4 Å². The van der Waals surface area contributed by atoms with Crippen LogP contribution in [-0.4, -0.2) is 22.5 Å². The van der Waals surface area contributed by atoms with Crippen molar-refractivity contribution < 1.29 is 9.53 Å². The summed E-state index contributed by atoms with van der Waals surface area (Å²) in [6.45, 7) is 3.22. The summed E-state index contributed by atoms with van der Waals surface area (Å²) in [7, 11) is 0. The molecule has 1 N–H and O–H groups in total. The smallest absolute Gasteiger partial charge is 0.270 e. The summed E-state index contributed by atoms with van der Waals surface area (Å²) in [5.74, 6) is 0.601. The summed E-state index contributed by atoms with van der Waals surface area (Å²) in [4.78, 5) is 21.0. The molecule has 0 atom stereocenters. The number of ether oxygens (including phenoxy) is 1. The quantitative estimate of drug-likeness (QED) is 0.435. The summed E-state index contributed by atoms with van der Waals surface area (Å²) < 4.78 is 5.78. The molecule has 2 heterocycles. The average Bonchev–Trinajstić information content (AvgIpc) is 2.74. The lowest BCUT2D eigenvalue weighted by atomic mass is 10.2. The number of amides is 1. The van der Waals surface area contributed by atoms with Crippen molar-refractivity contribution in [1.82, 2.24) is 15.3 Å². The number of benzene rings is 1. The van der Waals surface area contributed by atoms with Gasteiger partial charge in [-0.3, -0.25) is 9.78 Å². The van der Waals surface area contributed by atoms with E-state index in [0.29, 0.717) is 24.4 Å². The molecule has 2 aromatic heterocycles. The van der Waals surface area contributed by atoms with Crippen LogP contribution in [0, 0.1) is 0 Å². The Morgan fingerprint density at radius 2 is 1.96 bits per heavy atom. The summed E-state index contributed by atoms with van der Waals surface area (Å²) >= 11 is 0. The number of pyridine rings is 2. The largest absolute Gasteiger partial charge is 0.493 e. The lowest BCUT2D eigenvalue weighted by Gasteiger charge is -2.09. The van der Waals surface area contributed by atoms with Crippen LogP contribution in [0.2, 0.25) is 0 Å². The summed E-state index contributed by atoms with van der Waals surface area (Å²) in [5.41, 5.74) is 2.84. The summed E-state index contributed by atoms with van der Waals surface area (Å²) in [6.07, 6.45) is 9.21. The fraction of sp³-hybridized carbons (Fsp3) is 0.261. The van der Waals surface area contributed by atoms with Gasteiger partial charge >= 0.3 is 0 Å².